The molecule has 29 heavy (non-hydrogen) atoms. The highest BCUT2D eigenvalue weighted by Gasteiger charge is 2.24. The van der Waals surface area contributed by atoms with E-state index in [0.717, 1.165) is 25.7 Å². The molecule has 4 rings (SSSR count). The number of benzene rings is 1. The maximum atomic E-state index is 12.5. The summed E-state index contributed by atoms with van der Waals surface area (Å²) in [5, 5.41) is 2.56. The first-order chi connectivity index (χ1) is 13.9. The molecule has 2 aliphatic rings. The lowest BCUT2D eigenvalue weighted by Crippen LogP contribution is -2.41. The molecule has 0 fully saturated rings. The Labute approximate surface area is 172 Å². The first kappa shape index (κ1) is 19.9. The number of hydrogen-bond donors (Lipinski definition) is 3. The minimum atomic E-state index is -4.01. The highest BCUT2D eigenvalue weighted by Crippen LogP contribution is 2.33. The molecular formula is C19H21N3O5S2. The van der Waals surface area contributed by atoms with Gasteiger partial charge in [0.25, 0.3) is 21.8 Å². The molecule has 0 radical (unpaired) electrons. The number of sulfonamides is 1. The van der Waals surface area contributed by atoms with E-state index in [9.17, 15) is 18.0 Å². The molecule has 3 N–H and O–H groups in total. The zero-order valence-electron chi connectivity index (χ0n) is 15.8. The van der Waals surface area contributed by atoms with Crippen molar-refractivity contribution in [3.63, 3.8) is 0 Å². The molecular weight excluding hydrogens is 414 g/mol. The highest BCUT2D eigenvalue weighted by atomic mass is 32.2. The van der Waals surface area contributed by atoms with Gasteiger partial charge in [-0.15, -0.1) is 16.2 Å². The van der Waals surface area contributed by atoms with E-state index in [1.807, 2.05) is 6.07 Å². The average Bonchev–Trinajstić information content (AvgIpc) is 3.14. The lowest BCUT2D eigenvalue weighted by atomic mass is 9.87. The Morgan fingerprint density at radius 2 is 2.17 bits per heavy atom. The van der Waals surface area contributed by atoms with E-state index >= 15 is 0 Å². The maximum Gasteiger partial charge on any atom is 0.276 e. The van der Waals surface area contributed by atoms with E-state index in [-0.39, 0.29) is 23.1 Å². The van der Waals surface area contributed by atoms with Crippen LogP contribution in [0.2, 0.25) is 0 Å². The fraction of sp³-hybridized carbons (Fsp3) is 0.368. The average molecular weight is 436 g/mol. The first-order valence-corrected chi connectivity index (χ1v) is 11.7. The van der Waals surface area contributed by atoms with Crippen LogP contribution >= 0.6 is 11.3 Å². The Kier molecular flexibility index (Phi) is 5.32. The molecule has 1 aliphatic heterocycles. The Morgan fingerprint density at radius 3 is 2.97 bits per heavy atom. The van der Waals surface area contributed by atoms with Crippen LogP contribution in [0.5, 0.6) is 5.75 Å². The monoisotopic (exact) mass is 435 g/mol. The summed E-state index contributed by atoms with van der Waals surface area (Å²) in [4.78, 5) is 27.6. The van der Waals surface area contributed by atoms with Gasteiger partial charge < -0.3 is 10.1 Å². The molecule has 0 bridgehead atoms. The second-order valence-corrected chi connectivity index (χ2v) is 9.95. The molecule has 0 saturated heterocycles. The summed E-state index contributed by atoms with van der Waals surface area (Å²) in [6.07, 6.45) is 4.16. The number of amides is 2. The van der Waals surface area contributed by atoms with Crippen LogP contribution in [0, 0.1) is 5.92 Å². The van der Waals surface area contributed by atoms with Gasteiger partial charge in [0.1, 0.15) is 5.75 Å². The Bertz CT molecular complexity index is 1080. The molecule has 8 nitrogen and oxygen atoms in total. The van der Waals surface area contributed by atoms with E-state index in [0.29, 0.717) is 16.5 Å². The summed E-state index contributed by atoms with van der Waals surface area (Å²) in [6, 6.07) is 5.95. The van der Waals surface area contributed by atoms with E-state index in [2.05, 4.69) is 22.5 Å². The van der Waals surface area contributed by atoms with Crippen LogP contribution < -0.4 is 20.3 Å². The van der Waals surface area contributed by atoms with Crippen molar-refractivity contribution in [2.45, 2.75) is 37.5 Å². The number of anilines is 1. The predicted molar refractivity (Wildman–Crippen MR) is 108 cm³/mol. The number of carbonyl (C=O) groups is 2. The summed E-state index contributed by atoms with van der Waals surface area (Å²) < 4.78 is 30.3. The minimum Gasteiger partial charge on any atom is -0.482 e. The van der Waals surface area contributed by atoms with Crippen molar-refractivity contribution in [3.05, 3.63) is 39.6 Å². The molecule has 2 aromatic rings. The highest BCUT2D eigenvalue weighted by molar-refractivity contribution is 7.89. The normalized spacial score (nSPS) is 18.2. The van der Waals surface area contributed by atoms with Crippen molar-refractivity contribution in [1.82, 2.24) is 10.3 Å². The van der Waals surface area contributed by atoms with Gasteiger partial charge in [0, 0.05) is 4.88 Å². The number of hydrazine groups is 1. The third-order valence-corrected chi connectivity index (χ3v) is 7.66. The number of nitrogens with one attached hydrogen (secondary N) is 3. The number of ether oxygens (including phenoxy) is 1. The fourth-order valence-electron chi connectivity index (χ4n) is 3.52. The molecule has 1 aromatic heterocycles. The number of carbonyl (C=O) groups excluding carboxylic acids is 2. The molecule has 2 heterocycles. The SMILES string of the molecule is CCC1CCc2sc(C(=O)NNS(=O)(=O)c3ccc4c(c3)NC(=O)CO4)cc2C1. The second kappa shape index (κ2) is 7.77. The van der Waals surface area contributed by atoms with Gasteiger partial charge in [-0.1, -0.05) is 13.3 Å². The quantitative estimate of drug-likeness (QED) is 0.623. The van der Waals surface area contributed by atoms with Crippen LogP contribution in [0.1, 0.15) is 39.9 Å². The number of hydrogen-bond acceptors (Lipinski definition) is 6. The Morgan fingerprint density at radius 1 is 1.34 bits per heavy atom. The molecule has 0 saturated carbocycles. The third-order valence-electron chi connectivity index (χ3n) is 5.18. The topological polar surface area (TPSA) is 114 Å². The van der Waals surface area contributed by atoms with Crippen LogP contribution in [0.4, 0.5) is 5.69 Å². The van der Waals surface area contributed by atoms with Crippen LogP contribution in [0.3, 0.4) is 0 Å². The molecule has 1 aliphatic carbocycles. The van der Waals surface area contributed by atoms with Crippen molar-refractivity contribution >= 4 is 38.9 Å². The summed E-state index contributed by atoms with van der Waals surface area (Å²) in [5.74, 6) is 0.179. The van der Waals surface area contributed by atoms with E-state index < -0.39 is 15.9 Å². The first-order valence-electron chi connectivity index (χ1n) is 9.36. The van der Waals surface area contributed by atoms with Gasteiger partial charge in [0.05, 0.1) is 15.5 Å². The molecule has 1 atom stereocenters. The Balaban J connectivity index is 1.45. The molecule has 154 valence electrons. The van der Waals surface area contributed by atoms with Gasteiger partial charge in [0.2, 0.25) is 0 Å². The van der Waals surface area contributed by atoms with Crippen molar-refractivity contribution in [3.8, 4) is 5.75 Å². The zero-order valence-corrected chi connectivity index (χ0v) is 17.4. The van der Waals surface area contributed by atoms with Crippen LogP contribution in [0.25, 0.3) is 0 Å². The van der Waals surface area contributed by atoms with Crippen LogP contribution in [-0.2, 0) is 27.7 Å². The summed E-state index contributed by atoms with van der Waals surface area (Å²) in [6.45, 7) is 2.06. The third kappa shape index (κ3) is 4.14. The van der Waals surface area contributed by atoms with Gasteiger partial charge in [-0.05, 0) is 55.0 Å². The van der Waals surface area contributed by atoms with Gasteiger partial charge in [-0.3, -0.25) is 15.0 Å². The number of thiophene rings is 1. The van der Waals surface area contributed by atoms with E-state index in [1.165, 1.54) is 40.0 Å². The number of fused-ring (bicyclic) bond motifs is 2. The summed E-state index contributed by atoms with van der Waals surface area (Å²) in [5.41, 5.74) is 3.73. The summed E-state index contributed by atoms with van der Waals surface area (Å²) >= 11 is 1.41. The maximum absolute atomic E-state index is 12.5. The van der Waals surface area contributed by atoms with Crippen molar-refractivity contribution in [2.75, 3.05) is 11.9 Å². The van der Waals surface area contributed by atoms with Crippen LogP contribution in [0.15, 0.2) is 29.2 Å². The van der Waals surface area contributed by atoms with E-state index in [4.69, 9.17) is 4.74 Å². The second-order valence-electron chi connectivity index (χ2n) is 7.13. The van der Waals surface area contributed by atoms with Gasteiger partial charge >= 0.3 is 0 Å². The van der Waals surface area contributed by atoms with Crippen LogP contribution in [-0.4, -0.2) is 26.8 Å². The molecule has 1 aromatic carbocycles. The van der Waals surface area contributed by atoms with Crippen molar-refractivity contribution < 1.29 is 22.7 Å². The lowest BCUT2D eigenvalue weighted by molar-refractivity contribution is -0.118. The van der Waals surface area contributed by atoms with Gasteiger partial charge in [-0.2, -0.15) is 0 Å². The van der Waals surface area contributed by atoms with Crippen molar-refractivity contribution in [1.29, 1.82) is 0 Å². The molecule has 10 heteroatoms. The lowest BCUT2D eigenvalue weighted by Gasteiger charge is -2.19. The van der Waals surface area contributed by atoms with Gasteiger partial charge in [0.15, 0.2) is 6.61 Å². The molecule has 0 spiro atoms. The predicted octanol–water partition coefficient (Wildman–Crippen LogP) is 2.22. The smallest absolute Gasteiger partial charge is 0.276 e. The van der Waals surface area contributed by atoms with Crippen molar-refractivity contribution in [2.24, 2.45) is 5.92 Å². The number of rotatable bonds is 5. The number of aryl methyl sites for hydroxylation is 1. The molecule has 1 unspecified atom stereocenters. The zero-order chi connectivity index (χ0) is 20.6. The summed E-state index contributed by atoms with van der Waals surface area (Å²) in [7, 11) is -4.01. The minimum absolute atomic E-state index is 0.0985. The Hall–Kier alpha value is -2.43. The van der Waals surface area contributed by atoms with E-state index in [1.54, 1.807) is 0 Å². The fourth-order valence-corrected chi connectivity index (χ4v) is 5.49. The molecule has 2 amide bonds. The largest absolute Gasteiger partial charge is 0.482 e. The standard InChI is InChI=1S/C19H21N3O5S2/c1-2-11-3-6-16-12(7-11)8-17(28-16)19(24)21-22-29(25,26)13-4-5-15-14(9-13)20-18(23)10-27-15/h4-5,8-9,11,22H,2-3,6-7,10H2,1H3,(H,20,23)(H,21,24). The van der Waals surface area contributed by atoms with Gasteiger partial charge in [-0.25, -0.2) is 8.42 Å².